The van der Waals surface area contributed by atoms with Crippen molar-refractivity contribution in [3.63, 3.8) is 0 Å². The van der Waals surface area contributed by atoms with Crippen LogP contribution in [0, 0.1) is 11.8 Å². The number of nitrogens with one attached hydrogen (secondary N) is 1. The van der Waals surface area contributed by atoms with Crippen LogP contribution in [-0.2, 0) is 16.0 Å². The number of amides is 2. The summed E-state index contributed by atoms with van der Waals surface area (Å²) in [4.78, 5) is 44.2. The molecule has 10 nitrogen and oxygen atoms in total. The largest absolute Gasteiger partial charge is 0.444 e. The second kappa shape index (κ2) is 11.8. The van der Waals surface area contributed by atoms with Crippen molar-refractivity contribution < 1.29 is 14.3 Å². The van der Waals surface area contributed by atoms with Gasteiger partial charge in [0.05, 0.1) is 12.2 Å². The van der Waals surface area contributed by atoms with Gasteiger partial charge in [-0.25, -0.2) is 14.8 Å². The second-order valence-corrected chi connectivity index (χ2v) is 10.6. The second-order valence-electron chi connectivity index (χ2n) is 10.6. The number of rotatable bonds is 7. The Morgan fingerprint density at radius 2 is 1.92 bits per heavy atom. The molecule has 10 heteroatoms. The minimum absolute atomic E-state index is 0.0294. The highest BCUT2D eigenvalue weighted by atomic mass is 16.6. The van der Waals surface area contributed by atoms with Crippen LogP contribution < -0.4 is 5.32 Å². The normalized spacial score (nSPS) is 22.5. The zero-order valence-electron chi connectivity index (χ0n) is 21.9. The number of hydrogen-bond donors (Lipinski definition) is 1. The fourth-order valence-electron chi connectivity index (χ4n) is 4.77. The van der Waals surface area contributed by atoms with Crippen molar-refractivity contribution in [3.05, 3.63) is 24.2 Å². The van der Waals surface area contributed by atoms with Gasteiger partial charge < -0.3 is 24.8 Å². The number of aromatic nitrogens is 2. The summed E-state index contributed by atoms with van der Waals surface area (Å²) in [5, 5.41) is 3.53. The molecule has 2 saturated heterocycles. The third kappa shape index (κ3) is 6.60. The molecule has 1 N–H and O–H groups in total. The van der Waals surface area contributed by atoms with Crippen molar-refractivity contribution >= 4 is 29.7 Å². The summed E-state index contributed by atoms with van der Waals surface area (Å²) in [5.74, 6) is 1.67. The number of likely N-dealkylation sites (tertiary alicyclic amines) is 2. The molecular weight excluding hydrogens is 458 g/mol. The van der Waals surface area contributed by atoms with Crippen molar-refractivity contribution in [1.82, 2.24) is 24.7 Å². The van der Waals surface area contributed by atoms with Gasteiger partial charge in [0.2, 0.25) is 5.91 Å². The standard InChI is InChI=1S/C26H39N7O3/c1-18(2)19-14-22-24(27-15-19)25(29-17-28-22)30-20-7-11-32(12-8-20)26(35)36-21-9-13-33(16-21)23(34)6-5-10-31(3)4/h5-6,15,17-21H,7-14,16H2,1-4H3,(H,28,29,30)/b6-5+/t19?,21-/m0/s1. The van der Waals surface area contributed by atoms with Gasteiger partial charge in [0.1, 0.15) is 18.1 Å². The van der Waals surface area contributed by atoms with Crippen molar-refractivity contribution in [2.45, 2.75) is 51.7 Å². The minimum atomic E-state index is -0.292. The van der Waals surface area contributed by atoms with Crippen LogP contribution in [0.25, 0.3) is 0 Å². The zero-order chi connectivity index (χ0) is 25.7. The molecule has 0 saturated carbocycles. The van der Waals surface area contributed by atoms with Crippen LogP contribution in [-0.4, -0.2) is 102 Å². The van der Waals surface area contributed by atoms with E-state index in [2.05, 4.69) is 34.1 Å². The summed E-state index contributed by atoms with van der Waals surface area (Å²) >= 11 is 0. The van der Waals surface area contributed by atoms with E-state index in [1.807, 2.05) is 31.3 Å². The van der Waals surface area contributed by atoms with Crippen LogP contribution in [0.4, 0.5) is 16.3 Å². The summed E-state index contributed by atoms with van der Waals surface area (Å²) in [7, 11) is 3.91. The number of likely N-dealkylation sites (N-methyl/N-ethyl adjacent to an activating group) is 1. The van der Waals surface area contributed by atoms with Gasteiger partial charge in [-0.1, -0.05) is 19.9 Å². The SMILES string of the molecule is CC(C)C1C=Nc2c(ncnc2NC2CCN(C(=O)O[C@H]3CCN(C(=O)/C=C/CN(C)C)C3)CC2)C1. The maximum atomic E-state index is 12.7. The van der Waals surface area contributed by atoms with E-state index in [0.29, 0.717) is 51.0 Å². The van der Waals surface area contributed by atoms with E-state index in [-0.39, 0.29) is 24.1 Å². The van der Waals surface area contributed by atoms with Crippen molar-refractivity contribution in [1.29, 1.82) is 0 Å². The number of fused-ring (bicyclic) bond motifs is 1. The first kappa shape index (κ1) is 26.1. The van der Waals surface area contributed by atoms with E-state index >= 15 is 0 Å². The zero-order valence-corrected chi connectivity index (χ0v) is 21.9. The number of carbonyl (C=O) groups is 2. The van der Waals surface area contributed by atoms with E-state index < -0.39 is 0 Å². The lowest BCUT2D eigenvalue weighted by Crippen LogP contribution is -2.44. The van der Waals surface area contributed by atoms with Gasteiger partial charge in [0, 0.05) is 63.3 Å². The molecule has 1 aromatic heterocycles. The fourth-order valence-corrected chi connectivity index (χ4v) is 4.77. The Kier molecular flexibility index (Phi) is 8.56. The first-order valence-corrected chi connectivity index (χ1v) is 13.0. The summed E-state index contributed by atoms with van der Waals surface area (Å²) < 4.78 is 5.73. The van der Waals surface area contributed by atoms with Crippen LogP contribution in [0.1, 0.15) is 38.8 Å². The predicted molar refractivity (Wildman–Crippen MR) is 140 cm³/mol. The number of hydrogen-bond acceptors (Lipinski definition) is 8. The number of carbonyl (C=O) groups excluding carboxylic acids is 2. The molecular formula is C26H39N7O3. The van der Waals surface area contributed by atoms with Crippen LogP contribution >= 0.6 is 0 Å². The monoisotopic (exact) mass is 497 g/mol. The Morgan fingerprint density at radius 1 is 1.17 bits per heavy atom. The summed E-state index contributed by atoms with van der Waals surface area (Å²) in [6.07, 6.45) is 9.71. The average Bonchev–Trinajstić information content (AvgIpc) is 3.32. The first-order valence-electron chi connectivity index (χ1n) is 13.0. The number of piperidine rings is 1. The third-order valence-corrected chi connectivity index (χ3v) is 7.13. The highest BCUT2D eigenvalue weighted by molar-refractivity contribution is 5.87. The number of ether oxygens (including phenoxy) is 1. The highest BCUT2D eigenvalue weighted by Gasteiger charge is 2.31. The van der Waals surface area contributed by atoms with Gasteiger partial charge in [-0.15, -0.1) is 0 Å². The van der Waals surface area contributed by atoms with Crippen molar-refractivity contribution in [2.75, 3.05) is 52.1 Å². The Balaban J connectivity index is 1.22. The molecule has 0 radical (unpaired) electrons. The average molecular weight is 498 g/mol. The molecule has 0 aromatic carbocycles. The maximum Gasteiger partial charge on any atom is 0.410 e. The molecule has 0 spiro atoms. The summed E-state index contributed by atoms with van der Waals surface area (Å²) in [6.45, 7) is 7.41. The first-order chi connectivity index (χ1) is 17.3. The molecule has 3 aliphatic rings. The van der Waals surface area contributed by atoms with E-state index in [9.17, 15) is 9.59 Å². The lowest BCUT2D eigenvalue weighted by atomic mass is 9.90. The van der Waals surface area contributed by atoms with Crippen LogP contribution in [0.5, 0.6) is 0 Å². The smallest absolute Gasteiger partial charge is 0.410 e. The van der Waals surface area contributed by atoms with Crippen LogP contribution in [0.3, 0.4) is 0 Å². The lowest BCUT2D eigenvalue weighted by molar-refractivity contribution is -0.125. The molecule has 1 unspecified atom stereocenters. The molecule has 0 bridgehead atoms. The lowest BCUT2D eigenvalue weighted by Gasteiger charge is -2.33. The van der Waals surface area contributed by atoms with E-state index in [4.69, 9.17) is 4.74 Å². The molecule has 36 heavy (non-hydrogen) atoms. The molecule has 0 aliphatic carbocycles. The number of nitrogens with zero attached hydrogens (tertiary/aromatic N) is 6. The molecule has 2 amide bonds. The maximum absolute atomic E-state index is 12.7. The van der Waals surface area contributed by atoms with Gasteiger partial charge in [-0.3, -0.25) is 9.79 Å². The van der Waals surface area contributed by atoms with Crippen molar-refractivity contribution in [2.24, 2.45) is 16.8 Å². The quantitative estimate of drug-likeness (QED) is 0.578. The molecule has 1 aromatic rings. The Hall–Kier alpha value is -3.01. The van der Waals surface area contributed by atoms with Gasteiger partial charge >= 0.3 is 6.09 Å². The minimum Gasteiger partial charge on any atom is -0.444 e. The van der Waals surface area contributed by atoms with Gasteiger partial charge in [-0.2, -0.15) is 0 Å². The highest BCUT2D eigenvalue weighted by Crippen LogP contribution is 2.33. The third-order valence-electron chi connectivity index (χ3n) is 7.13. The Bertz CT molecular complexity index is 986. The number of aliphatic imine (C=N–C) groups is 1. The summed E-state index contributed by atoms with van der Waals surface area (Å²) in [6, 6.07) is 0.208. The molecule has 2 atom stereocenters. The summed E-state index contributed by atoms with van der Waals surface area (Å²) in [5.41, 5.74) is 1.83. The van der Waals surface area contributed by atoms with Crippen molar-refractivity contribution in [3.8, 4) is 0 Å². The number of anilines is 1. The molecule has 4 rings (SSSR count). The topological polar surface area (TPSA) is 103 Å². The van der Waals surface area contributed by atoms with Gasteiger partial charge in [0.15, 0.2) is 5.82 Å². The van der Waals surface area contributed by atoms with Crippen LogP contribution in [0.2, 0.25) is 0 Å². The molecule has 4 heterocycles. The molecule has 3 aliphatic heterocycles. The van der Waals surface area contributed by atoms with E-state index in [0.717, 1.165) is 36.5 Å². The van der Waals surface area contributed by atoms with Gasteiger partial charge in [-0.05, 0) is 32.9 Å². The predicted octanol–water partition coefficient (Wildman–Crippen LogP) is 2.74. The molecule has 2 fully saturated rings. The van der Waals surface area contributed by atoms with E-state index in [1.54, 1.807) is 22.2 Å². The van der Waals surface area contributed by atoms with Crippen LogP contribution in [0.15, 0.2) is 23.5 Å². The Labute approximate surface area is 213 Å². The van der Waals surface area contributed by atoms with Gasteiger partial charge in [0.25, 0.3) is 0 Å². The molecule has 196 valence electrons. The fraction of sp³-hybridized carbons (Fsp3) is 0.654. The van der Waals surface area contributed by atoms with E-state index in [1.165, 1.54) is 0 Å². The Morgan fingerprint density at radius 3 is 2.64 bits per heavy atom.